The largest absolute Gasteiger partial charge is 0.349 e. The van der Waals surface area contributed by atoms with E-state index in [1.807, 2.05) is 0 Å². The minimum atomic E-state index is -3.74. The number of rotatable bonds is 8. The first-order valence-corrected chi connectivity index (χ1v) is 13.2. The molecule has 7 nitrogen and oxygen atoms in total. The third-order valence-corrected chi connectivity index (χ3v) is 9.03. The van der Waals surface area contributed by atoms with Crippen molar-refractivity contribution in [1.29, 1.82) is 0 Å². The molecule has 3 unspecified atom stereocenters. The summed E-state index contributed by atoms with van der Waals surface area (Å²) in [6, 6.07) is 4.55. The predicted octanol–water partition coefficient (Wildman–Crippen LogP) is 3.77. The summed E-state index contributed by atoms with van der Waals surface area (Å²) in [6.07, 6.45) is 6.30. The van der Waals surface area contributed by atoms with Crippen molar-refractivity contribution in [2.45, 2.75) is 64.4 Å². The van der Waals surface area contributed by atoms with Gasteiger partial charge in [-0.3, -0.25) is 9.59 Å². The average Bonchev–Trinajstić information content (AvgIpc) is 2.79. The van der Waals surface area contributed by atoms with Gasteiger partial charge < -0.3 is 9.88 Å². The van der Waals surface area contributed by atoms with Crippen molar-refractivity contribution in [3.63, 3.8) is 0 Å². The molecular formula is C25H35N3O4S. The molecular weight excluding hydrogens is 438 g/mol. The van der Waals surface area contributed by atoms with Crippen molar-refractivity contribution >= 4 is 26.8 Å². The molecule has 1 aliphatic carbocycles. The van der Waals surface area contributed by atoms with Crippen LogP contribution in [0.1, 0.15) is 57.3 Å². The fourth-order valence-electron chi connectivity index (χ4n) is 4.73. The van der Waals surface area contributed by atoms with Crippen molar-refractivity contribution in [2.24, 2.45) is 11.8 Å². The summed E-state index contributed by atoms with van der Waals surface area (Å²) in [5, 5.41) is 3.28. The first kappa shape index (κ1) is 25.2. The van der Waals surface area contributed by atoms with Gasteiger partial charge in [0.05, 0.1) is 10.4 Å². The maximum Gasteiger partial charge on any atom is 0.257 e. The van der Waals surface area contributed by atoms with Gasteiger partial charge in [0.25, 0.3) is 5.91 Å². The van der Waals surface area contributed by atoms with Gasteiger partial charge >= 0.3 is 0 Å². The third-order valence-electron chi connectivity index (χ3n) is 6.99. The molecule has 3 atom stereocenters. The maximum atomic E-state index is 13.4. The van der Waals surface area contributed by atoms with Crippen LogP contribution in [0, 0.1) is 11.8 Å². The molecule has 0 saturated heterocycles. The Morgan fingerprint density at radius 1 is 1.24 bits per heavy atom. The summed E-state index contributed by atoms with van der Waals surface area (Å²) >= 11 is 0. The lowest BCUT2D eigenvalue weighted by molar-refractivity contribution is 0.0889. The molecule has 0 aliphatic heterocycles. The molecule has 1 heterocycles. The van der Waals surface area contributed by atoms with Crippen LogP contribution in [0.5, 0.6) is 0 Å². The van der Waals surface area contributed by atoms with Crippen LogP contribution in [0.25, 0.3) is 10.9 Å². The van der Waals surface area contributed by atoms with Crippen LogP contribution in [0.2, 0.25) is 0 Å². The van der Waals surface area contributed by atoms with Crippen LogP contribution in [-0.4, -0.2) is 42.3 Å². The zero-order chi connectivity index (χ0) is 24.3. The number of nitrogens with zero attached hydrogens (tertiary/aromatic N) is 2. The molecule has 0 bridgehead atoms. The Kier molecular flexibility index (Phi) is 7.80. The Morgan fingerprint density at radius 3 is 2.58 bits per heavy atom. The van der Waals surface area contributed by atoms with Crippen LogP contribution in [0.3, 0.4) is 0 Å². The number of allylic oxidation sites excluding steroid dienone is 1. The molecule has 2 aromatic rings. The Hall–Kier alpha value is -2.45. The molecule has 0 radical (unpaired) electrons. The van der Waals surface area contributed by atoms with E-state index in [1.165, 1.54) is 16.4 Å². The van der Waals surface area contributed by atoms with Gasteiger partial charge in [-0.05, 0) is 36.5 Å². The molecule has 1 N–H and O–H groups in total. The first-order chi connectivity index (χ1) is 15.6. The molecule has 1 fully saturated rings. The van der Waals surface area contributed by atoms with E-state index in [2.05, 4.69) is 25.7 Å². The zero-order valence-corrected chi connectivity index (χ0v) is 20.8. The summed E-state index contributed by atoms with van der Waals surface area (Å²) in [4.78, 5) is 26.6. The third kappa shape index (κ3) is 4.92. The second-order valence-corrected chi connectivity index (χ2v) is 10.9. The molecule has 1 aromatic carbocycles. The normalized spacial score (nSPS) is 21.3. The number of amides is 1. The number of carbonyl (C=O) groups excluding carboxylic acids is 1. The van der Waals surface area contributed by atoms with Gasteiger partial charge in [0, 0.05) is 37.3 Å². The van der Waals surface area contributed by atoms with E-state index in [1.54, 1.807) is 36.8 Å². The smallest absolute Gasteiger partial charge is 0.257 e. The van der Waals surface area contributed by atoms with Crippen molar-refractivity contribution in [1.82, 2.24) is 14.2 Å². The van der Waals surface area contributed by atoms with Crippen LogP contribution >= 0.6 is 0 Å². The SMILES string of the molecule is C=CCn1cc(C(=O)NC2CCCC(C)C2C)c(=O)c2cc(S(=O)(=O)N(CC)CC)ccc21. The van der Waals surface area contributed by atoms with Gasteiger partial charge in [-0.25, -0.2) is 8.42 Å². The summed E-state index contributed by atoms with van der Waals surface area (Å²) in [7, 11) is -3.74. The van der Waals surface area contributed by atoms with Gasteiger partial charge in [-0.2, -0.15) is 4.31 Å². The van der Waals surface area contributed by atoms with E-state index < -0.39 is 21.4 Å². The summed E-state index contributed by atoms with van der Waals surface area (Å²) < 4.78 is 29.2. The Labute approximate surface area is 196 Å². The van der Waals surface area contributed by atoms with Crippen LogP contribution < -0.4 is 10.7 Å². The summed E-state index contributed by atoms with van der Waals surface area (Å²) in [6.45, 7) is 12.7. The van der Waals surface area contributed by atoms with E-state index in [0.29, 0.717) is 37.0 Å². The topological polar surface area (TPSA) is 88.5 Å². The van der Waals surface area contributed by atoms with Gasteiger partial charge in [0.15, 0.2) is 0 Å². The highest BCUT2D eigenvalue weighted by atomic mass is 32.2. The standard InChI is InChI=1S/C25H35N3O4S/c1-6-14-27-16-21(25(30)26-22-11-9-10-17(4)18(22)5)24(29)20-15-19(12-13-23(20)27)33(31,32)28(7-2)8-3/h6,12-13,15-18,22H,1,7-11,14H2,2-5H3,(H,26,30). The predicted molar refractivity (Wildman–Crippen MR) is 132 cm³/mol. The number of benzene rings is 1. The lowest BCUT2D eigenvalue weighted by Crippen LogP contribution is -2.45. The minimum absolute atomic E-state index is 0.0126. The van der Waals surface area contributed by atoms with Crippen molar-refractivity contribution in [3.8, 4) is 0 Å². The second kappa shape index (κ2) is 10.2. The first-order valence-electron chi connectivity index (χ1n) is 11.7. The van der Waals surface area contributed by atoms with Crippen LogP contribution in [0.15, 0.2) is 46.7 Å². The number of nitrogens with one attached hydrogen (secondary N) is 1. The van der Waals surface area contributed by atoms with Crippen molar-refractivity contribution in [2.75, 3.05) is 13.1 Å². The van der Waals surface area contributed by atoms with Crippen LogP contribution in [0.4, 0.5) is 0 Å². The molecule has 1 saturated carbocycles. The minimum Gasteiger partial charge on any atom is -0.349 e. The number of aromatic nitrogens is 1. The molecule has 1 aromatic heterocycles. The number of hydrogen-bond acceptors (Lipinski definition) is 4. The molecule has 0 spiro atoms. The fraction of sp³-hybridized carbons (Fsp3) is 0.520. The lowest BCUT2D eigenvalue weighted by Gasteiger charge is -2.34. The van der Waals surface area contributed by atoms with Crippen molar-refractivity contribution < 1.29 is 13.2 Å². The monoisotopic (exact) mass is 473 g/mol. The maximum absolute atomic E-state index is 13.4. The van der Waals surface area contributed by atoms with Gasteiger partial charge in [-0.15, -0.1) is 6.58 Å². The van der Waals surface area contributed by atoms with E-state index >= 15 is 0 Å². The lowest BCUT2D eigenvalue weighted by atomic mass is 9.78. The highest BCUT2D eigenvalue weighted by molar-refractivity contribution is 7.89. The van der Waals surface area contributed by atoms with Gasteiger partial charge in [-0.1, -0.05) is 46.6 Å². The highest BCUT2D eigenvalue weighted by Gasteiger charge is 2.29. The second-order valence-electron chi connectivity index (χ2n) is 8.93. The van der Waals surface area contributed by atoms with Gasteiger partial charge in [0.1, 0.15) is 5.56 Å². The number of pyridine rings is 1. The molecule has 180 valence electrons. The molecule has 8 heteroatoms. The molecule has 3 rings (SSSR count). The molecule has 33 heavy (non-hydrogen) atoms. The van der Waals surface area contributed by atoms with E-state index in [0.717, 1.165) is 19.3 Å². The highest BCUT2D eigenvalue weighted by Crippen LogP contribution is 2.29. The van der Waals surface area contributed by atoms with E-state index in [4.69, 9.17) is 0 Å². The summed E-state index contributed by atoms with van der Waals surface area (Å²) in [5.41, 5.74) is 0.123. The number of carbonyl (C=O) groups is 1. The van der Waals surface area contributed by atoms with Gasteiger partial charge in [0.2, 0.25) is 15.5 Å². The Bertz CT molecular complexity index is 1200. The Balaban J connectivity index is 2.10. The van der Waals surface area contributed by atoms with E-state index in [9.17, 15) is 18.0 Å². The van der Waals surface area contributed by atoms with E-state index in [-0.39, 0.29) is 21.9 Å². The average molecular weight is 474 g/mol. The quantitative estimate of drug-likeness (QED) is 0.591. The summed E-state index contributed by atoms with van der Waals surface area (Å²) in [5.74, 6) is 0.415. The number of hydrogen-bond donors (Lipinski definition) is 1. The fourth-order valence-corrected chi connectivity index (χ4v) is 6.22. The molecule has 1 aliphatic rings. The number of fused-ring (bicyclic) bond motifs is 1. The van der Waals surface area contributed by atoms with Crippen molar-refractivity contribution in [3.05, 3.63) is 52.8 Å². The Morgan fingerprint density at radius 2 is 1.94 bits per heavy atom. The zero-order valence-electron chi connectivity index (χ0n) is 20.0. The molecule has 1 amide bonds. The van der Waals surface area contributed by atoms with Crippen LogP contribution in [-0.2, 0) is 16.6 Å². The number of sulfonamides is 1.